The van der Waals surface area contributed by atoms with Crippen LogP contribution in [0.2, 0.25) is 0 Å². The second-order valence-electron chi connectivity index (χ2n) is 5.13. The smallest absolute Gasteiger partial charge is 0.269 e. The highest BCUT2D eigenvalue weighted by Gasteiger charge is 2.21. The molecule has 1 amide bonds. The van der Waals surface area contributed by atoms with Crippen molar-refractivity contribution in [2.75, 3.05) is 6.54 Å². The molecule has 100 valence electrons. The molecule has 4 nitrogen and oxygen atoms in total. The Bertz CT molecular complexity index is 430. The Morgan fingerprint density at radius 2 is 2.39 bits per heavy atom. The number of aryl methyl sites for hydroxylation is 2. The van der Waals surface area contributed by atoms with E-state index in [1.807, 2.05) is 6.92 Å². The second kappa shape index (κ2) is 5.74. The van der Waals surface area contributed by atoms with Crippen LogP contribution in [0.3, 0.4) is 0 Å². The van der Waals surface area contributed by atoms with Crippen molar-refractivity contribution in [2.24, 2.45) is 13.0 Å². The number of aromatic nitrogens is 2. The van der Waals surface area contributed by atoms with Crippen molar-refractivity contribution in [2.45, 2.75) is 38.0 Å². The average Bonchev–Trinajstić information content (AvgIpc) is 2.66. The third-order valence-corrected chi connectivity index (χ3v) is 3.90. The van der Waals surface area contributed by atoms with Gasteiger partial charge in [0.25, 0.3) is 5.91 Å². The van der Waals surface area contributed by atoms with Crippen LogP contribution >= 0.6 is 11.6 Å². The Kier molecular flexibility index (Phi) is 4.27. The molecule has 1 aromatic heterocycles. The van der Waals surface area contributed by atoms with Crippen molar-refractivity contribution in [3.05, 3.63) is 17.5 Å². The zero-order valence-corrected chi connectivity index (χ0v) is 11.7. The summed E-state index contributed by atoms with van der Waals surface area (Å²) in [6, 6.07) is 1.81. The van der Waals surface area contributed by atoms with Gasteiger partial charge in [-0.25, -0.2) is 0 Å². The molecule has 1 aliphatic rings. The van der Waals surface area contributed by atoms with Gasteiger partial charge < -0.3 is 5.32 Å². The Morgan fingerprint density at radius 3 is 3.00 bits per heavy atom. The molecule has 18 heavy (non-hydrogen) atoms. The minimum Gasteiger partial charge on any atom is -0.350 e. The van der Waals surface area contributed by atoms with Crippen LogP contribution in [-0.2, 0) is 7.05 Å². The SMILES string of the molecule is Cc1cc(C(=O)NCC2CCCC(Cl)C2)n(C)n1. The molecule has 5 heteroatoms. The summed E-state index contributed by atoms with van der Waals surface area (Å²) in [6.07, 6.45) is 4.44. The molecule has 2 rings (SSSR count). The van der Waals surface area contributed by atoms with E-state index < -0.39 is 0 Å². The van der Waals surface area contributed by atoms with Crippen molar-refractivity contribution >= 4 is 17.5 Å². The predicted molar refractivity (Wildman–Crippen MR) is 71.9 cm³/mol. The van der Waals surface area contributed by atoms with Gasteiger partial charge >= 0.3 is 0 Å². The first-order chi connectivity index (χ1) is 8.56. The minimum atomic E-state index is -0.0465. The van der Waals surface area contributed by atoms with Gasteiger partial charge in [-0.1, -0.05) is 6.42 Å². The van der Waals surface area contributed by atoms with Gasteiger partial charge in [0, 0.05) is 19.0 Å². The number of amides is 1. The normalized spacial score (nSPS) is 23.9. The molecule has 0 radical (unpaired) electrons. The molecular weight excluding hydrogens is 250 g/mol. The van der Waals surface area contributed by atoms with Gasteiger partial charge in [-0.2, -0.15) is 5.10 Å². The van der Waals surface area contributed by atoms with E-state index in [1.165, 1.54) is 6.42 Å². The maximum atomic E-state index is 12.0. The monoisotopic (exact) mass is 269 g/mol. The lowest BCUT2D eigenvalue weighted by molar-refractivity contribution is 0.0934. The zero-order chi connectivity index (χ0) is 13.1. The number of hydrogen-bond acceptors (Lipinski definition) is 2. The number of halogens is 1. The predicted octanol–water partition coefficient (Wildman–Crippen LogP) is 2.26. The van der Waals surface area contributed by atoms with Crippen LogP contribution in [0.5, 0.6) is 0 Å². The molecule has 0 aromatic carbocycles. The Morgan fingerprint density at radius 1 is 1.61 bits per heavy atom. The molecular formula is C13H20ClN3O. The molecule has 2 unspecified atom stereocenters. The molecule has 2 atom stereocenters. The standard InChI is InChI=1S/C13H20ClN3O/c1-9-6-12(17(2)16-9)13(18)15-8-10-4-3-5-11(14)7-10/h6,10-11H,3-5,7-8H2,1-2H3,(H,15,18). The summed E-state index contributed by atoms with van der Waals surface area (Å²) in [4.78, 5) is 12.0. The lowest BCUT2D eigenvalue weighted by Gasteiger charge is -2.25. The van der Waals surface area contributed by atoms with Crippen molar-refractivity contribution in [1.29, 1.82) is 0 Å². The van der Waals surface area contributed by atoms with Crippen LogP contribution in [0.1, 0.15) is 41.9 Å². The molecule has 0 bridgehead atoms. The molecule has 1 fully saturated rings. The number of carbonyl (C=O) groups is 1. The highest BCUT2D eigenvalue weighted by Crippen LogP contribution is 2.27. The van der Waals surface area contributed by atoms with Crippen LogP contribution in [0.4, 0.5) is 0 Å². The molecule has 0 spiro atoms. The van der Waals surface area contributed by atoms with E-state index in [1.54, 1.807) is 17.8 Å². The number of nitrogens with one attached hydrogen (secondary N) is 1. The Hall–Kier alpha value is -1.03. The summed E-state index contributed by atoms with van der Waals surface area (Å²) in [6.45, 7) is 2.60. The van der Waals surface area contributed by atoms with Gasteiger partial charge in [0.1, 0.15) is 5.69 Å². The molecule has 0 aliphatic heterocycles. The van der Waals surface area contributed by atoms with Crippen molar-refractivity contribution < 1.29 is 4.79 Å². The zero-order valence-electron chi connectivity index (χ0n) is 10.9. The van der Waals surface area contributed by atoms with Crippen molar-refractivity contribution in [1.82, 2.24) is 15.1 Å². The summed E-state index contributed by atoms with van der Waals surface area (Å²) in [7, 11) is 1.79. The largest absolute Gasteiger partial charge is 0.350 e. The summed E-state index contributed by atoms with van der Waals surface area (Å²) in [5.74, 6) is 0.467. The van der Waals surface area contributed by atoms with E-state index in [9.17, 15) is 4.79 Å². The van der Waals surface area contributed by atoms with Crippen molar-refractivity contribution in [3.63, 3.8) is 0 Å². The van der Waals surface area contributed by atoms with Crippen LogP contribution in [0.15, 0.2) is 6.07 Å². The van der Waals surface area contributed by atoms with Crippen LogP contribution < -0.4 is 5.32 Å². The third-order valence-electron chi connectivity index (χ3n) is 3.50. The van der Waals surface area contributed by atoms with Crippen LogP contribution in [-0.4, -0.2) is 27.6 Å². The first-order valence-electron chi connectivity index (χ1n) is 6.49. The average molecular weight is 270 g/mol. The van der Waals surface area contributed by atoms with E-state index in [2.05, 4.69) is 10.4 Å². The molecule has 1 N–H and O–H groups in total. The number of hydrogen-bond donors (Lipinski definition) is 1. The van der Waals surface area contributed by atoms with Crippen molar-refractivity contribution in [3.8, 4) is 0 Å². The van der Waals surface area contributed by atoms with Gasteiger partial charge in [-0.05, 0) is 38.2 Å². The number of carbonyl (C=O) groups excluding carboxylic acids is 1. The summed E-state index contributed by atoms with van der Waals surface area (Å²) < 4.78 is 1.62. The van der Waals surface area contributed by atoms with Crippen LogP contribution in [0.25, 0.3) is 0 Å². The maximum absolute atomic E-state index is 12.0. The summed E-state index contributed by atoms with van der Waals surface area (Å²) in [5.41, 5.74) is 1.48. The van der Waals surface area contributed by atoms with E-state index in [0.717, 1.165) is 25.0 Å². The molecule has 1 heterocycles. The minimum absolute atomic E-state index is 0.0465. The lowest BCUT2D eigenvalue weighted by atomic mass is 9.89. The number of alkyl halides is 1. The van der Waals surface area contributed by atoms with E-state index in [0.29, 0.717) is 18.2 Å². The van der Waals surface area contributed by atoms with Crippen LogP contribution in [0, 0.1) is 12.8 Å². The van der Waals surface area contributed by atoms with E-state index in [4.69, 9.17) is 11.6 Å². The Balaban J connectivity index is 1.86. The first-order valence-corrected chi connectivity index (χ1v) is 6.93. The highest BCUT2D eigenvalue weighted by molar-refractivity contribution is 6.20. The van der Waals surface area contributed by atoms with Gasteiger partial charge in [0.2, 0.25) is 0 Å². The Labute approximate surface area is 113 Å². The third kappa shape index (κ3) is 3.25. The number of rotatable bonds is 3. The summed E-state index contributed by atoms with van der Waals surface area (Å²) >= 11 is 6.15. The molecule has 0 saturated heterocycles. The van der Waals surface area contributed by atoms with E-state index >= 15 is 0 Å². The van der Waals surface area contributed by atoms with Gasteiger partial charge in [-0.3, -0.25) is 9.48 Å². The highest BCUT2D eigenvalue weighted by atomic mass is 35.5. The summed E-state index contributed by atoms with van der Waals surface area (Å²) in [5, 5.41) is 7.44. The fourth-order valence-corrected chi connectivity index (χ4v) is 2.97. The second-order valence-corrected chi connectivity index (χ2v) is 5.75. The number of nitrogens with zero attached hydrogens (tertiary/aromatic N) is 2. The molecule has 1 aliphatic carbocycles. The van der Waals surface area contributed by atoms with Gasteiger partial charge in [-0.15, -0.1) is 11.6 Å². The van der Waals surface area contributed by atoms with E-state index in [-0.39, 0.29) is 11.3 Å². The maximum Gasteiger partial charge on any atom is 0.269 e. The fraction of sp³-hybridized carbons (Fsp3) is 0.692. The quantitative estimate of drug-likeness (QED) is 0.856. The van der Waals surface area contributed by atoms with Gasteiger partial charge in [0.05, 0.1) is 5.69 Å². The lowest BCUT2D eigenvalue weighted by Crippen LogP contribution is -2.33. The van der Waals surface area contributed by atoms with Gasteiger partial charge in [0.15, 0.2) is 0 Å². The first kappa shape index (κ1) is 13.4. The topological polar surface area (TPSA) is 46.9 Å². The molecule has 1 saturated carbocycles. The fourth-order valence-electron chi connectivity index (χ4n) is 2.56. The molecule has 1 aromatic rings.